The minimum Gasteiger partial charge on any atom is -0.493 e. The Morgan fingerprint density at radius 1 is 0.947 bits per heavy atom. The molecule has 19 heavy (non-hydrogen) atoms. The van der Waals surface area contributed by atoms with Crippen LogP contribution in [0.25, 0.3) is 0 Å². The van der Waals surface area contributed by atoms with Crippen LogP contribution >= 0.6 is 12.2 Å². The SMILES string of the molecule is NC(=S)CCOc1ccc(Cc2ccccc2)cc1. The first-order chi connectivity index (χ1) is 9.24. The fourth-order valence-corrected chi connectivity index (χ4v) is 1.89. The minimum atomic E-state index is 0.487. The number of hydrogen-bond acceptors (Lipinski definition) is 2. The van der Waals surface area contributed by atoms with Crippen LogP contribution in [0.4, 0.5) is 0 Å². The molecule has 0 atom stereocenters. The molecule has 2 nitrogen and oxygen atoms in total. The molecule has 0 unspecified atom stereocenters. The largest absolute Gasteiger partial charge is 0.493 e. The zero-order valence-corrected chi connectivity index (χ0v) is 11.5. The van der Waals surface area contributed by atoms with Crippen molar-refractivity contribution in [1.29, 1.82) is 0 Å². The van der Waals surface area contributed by atoms with Gasteiger partial charge in [0.05, 0.1) is 11.6 Å². The Bertz CT molecular complexity index is 522. The summed E-state index contributed by atoms with van der Waals surface area (Å²) in [6, 6.07) is 18.6. The summed E-state index contributed by atoms with van der Waals surface area (Å²) >= 11 is 4.80. The number of benzene rings is 2. The predicted molar refractivity (Wildman–Crippen MR) is 82.6 cm³/mol. The van der Waals surface area contributed by atoms with E-state index in [1.807, 2.05) is 18.2 Å². The molecule has 2 aromatic rings. The molecule has 3 heteroatoms. The molecule has 98 valence electrons. The lowest BCUT2D eigenvalue weighted by atomic mass is 10.1. The first kappa shape index (κ1) is 13.6. The third kappa shape index (κ3) is 4.72. The number of rotatable bonds is 6. The number of ether oxygens (including phenoxy) is 1. The van der Waals surface area contributed by atoms with Gasteiger partial charge >= 0.3 is 0 Å². The molecule has 0 bridgehead atoms. The summed E-state index contributed by atoms with van der Waals surface area (Å²) in [6.07, 6.45) is 1.55. The Hall–Kier alpha value is -1.87. The van der Waals surface area contributed by atoms with Gasteiger partial charge in [-0.2, -0.15) is 0 Å². The van der Waals surface area contributed by atoms with Crippen LogP contribution in [0.3, 0.4) is 0 Å². The molecular formula is C16H17NOS. The standard InChI is InChI=1S/C16H17NOS/c17-16(19)10-11-18-15-8-6-14(7-9-15)12-13-4-2-1-3-5-13/h1-9H,10-12H2,(H2,17,19). The maximum Gasteiger partial charge on any atom is 0.119 e. The highest BCUT2D eigenvalue weighted by molar-refractivity contribution is 7.80. The van der Waals surface area contributed by atoms with Crippen molar-refractivity contribution in [2.45, 2.75) is 12.8 Å². The van der Waals surface area contributed by atoms with Crippen LogP contribution in [0.15, 0.2) is 54.6 Å². The van der Waals surface area contributed by atoms with E-state index in [4.69, 9.17) is 22.7 Å². The third-order valence-electron chi connectivity index (χ3n) is 2.79. The van der Waals surface area contributed by atoms with E-state index < -0.39 is 0 Å². The van der Waals surface area contributed by atoms with E-state index in [1.54, 1.807) is 0 Å². The van der Waals surface area contributed by atoms with Crippen LogP contribution in [-0.2, 0) is 6.42 Å². The van der Waals surface area contributed by atoms with E-state index in [2.05, 4.69) is 36.4 Å². The van der Waals surface area contributed by atoms with Gasteiger partial charge in [0.15, 0.2) is 0 Å². The maximum atomic E-state index is 5.55. The summed E-state index contributed by atoms with van der Waals surface area (Å²) in [7, 11) is 0. The fraction of sp³-hybridized carbons (Fsp3) is 0.188. The zero-order valence-electron chi connectivity index (χ0n) is 10.7. The smallest absolute Gasteiger partial charge is 0.119 e. The second-order valence-corrected chi connectivity index (χ2v) is 4.90. The Kier molecular flexibility index (Phi) is 4.93. The van der Waals surface area contributed by atoms with Gasteiger partial charge in [-0.15, -0.1) is 0 Å². The first-order valence-corrected chi connectivity index (χ1v) is 6.69. The molecule has 0 aromatic heterocycles. The van der Waals surface area contributed by atoms with Crippen molar-refractivity contribution in [3.63, 3.8) is 0 Å². The predicted octanol–water partition coefficient (Wildman–Crippen LogP) is 3.33. The van der Waals surface area contributed by atoms with Gasteiger partial charge < -0.3 is 10.5 Å². The summed E-state index contributed by atoms with van der Waals surface area (Å²) in [5.41, 5.74) is 8.00. The summed E-state index contributed by atoms with van der Waals surface area (Å²) in [4.78, 5) is 0.487. The van der Waals surface area contributed by atoms with Crippen LogP contribution in [0.1, 0.15) is 17.5 Å². The van der Waals surface area contributed by atoms with E-state index >= 15 is 0 Å². The van der Waals surface area contributed by atoms with Crippen LogP contribution < -0.4 is 10.5 Å². The highest BCUT2D eigenvalue weighted by atomic mass is 32.1. The van der Waals surface area contributed by atoms with Crippen molar-refractivity contribution in [1.82, 2.24) is 0 Å². The number of nitrogens with two attached hydrogens (primary N) is 1. The summed E-state index contributed by atoms with van der Waals surface area (Å²) < 4.78 is 5.55. The highest BCUT2D eigenvalue weighted by Gasteiger charge is 1.98. The molecule has 0 spiro atoms. The zero-order chi connectivity index (χ0) is 13.5. The van der Waals surface area contributed by atoms with Crippen LogP contribution in [-0.4, -0.2) is 11.6 Å². The van der Waals surface area contributed by atoms with Gasteiger partial charge in [-0.25, -0.2) is 0 Å². The molecule has 0 saturated carbocycles. The molecule has 2 rings (SSSR count). The molecular weight excluding hydrogens is 254 g/mol. The fourth-order valence-electron chi connectivity index (χ4n) is 1.80. The van der Waals surface area contributed by atoms with E-state index in [9.17, 15) is 0 Å². The lowest BCUT2D eigenvalue weighted by Gasteiger charge is -2.07. The Labute approximate surface area is 119 Å². The average molecular weight is 271 g/mol. The Balaban J connectivity index is 1.89. The van der Waals surface area contributed by atoms with Gasteiger partial charge in [0.25, 0.3) is 0 Å². The second kappa shape index (κ2) is 6.90. The molecule has 2 N–H and O–H groups in total. The lowest BCUT2D eigenvalue weighted by Crippen LogP contribution is -2.12. The molecule has 0 aliphatic rings. The average Bonchev–Trinajstić information content (AvgIpc) is 2.42. The monoisotopic (exact) mass is 271 g/mol. The van der Waals surface area contributed by atoms with E-state index in [0.717, 1.165) is 12.2 Å². The van der Waals surface area contributed by atoms with Crippen molar-refractivity contribution in [2.75, 3.05) is 6.61 Å². The quantitative estimate of drug-likeness (QED) is 0.818. The topological polar surface area (TPSA) is 35.2 Å². The molecule has 0 fully saturated rings. The van der Waals surface area contributed by atoms with E-state index in [1.165, 1.54) is 11.1 Å². The Morgan fingerprint density at radius 2 is 1.58 bits per heavy atom. The molecule has 0 aliphatic heterocycles. The van der Waals surface area contributed by atoms with Gasteiger partial charge in [0.2, 0.25) is 0 Å². The van der Waals surface area contributed by atoms with Crippen molar-refractivity contribution in [2.24, 2.45) is 5.73 Å². The molecule has 0 aliphatic carbocycles. The third-order valence-corrected chi connectivity index (χ3v) is 3.00. The van der Waals surface area contributed by atoms with Gasteiger partial charge in [-0.1, -0.05) is 54.7 Å². The summed E-state index contributed by atoms with van der Waals surface area (Å²) in [5.74, 6) is 0.855. The molecule has 0 heterocycles. The van der Waals surface area contributed by atoms with Crippen molar-refractivity contribution < 1.29 is 4.74 Å². The van der Waals surface area contributed by atoms with Gasteiger partial charge in [-0.3, -0.25) is 0 Å². The summed E-state index contributed by atoms with van der Waals surface area (Å²) in [6.45, 7) is 0.535. The van der Waals surface area contributed by atoms with Gasteiger partial charge in [0.1, 0.15) is 5.75 Å². The van der Waals surface area contributed by atoms with Gasteiger partial charge in [0, 0.05) is 6.42 Å². The highest BCUT2D eigenvalue weighted by Crippen LogP contribution is 2.15. The minimum absolute atomic E-state index is 0.487. The van der Waals surface area contributed by atoms with Crippen molar-refractivity contribution >= 4 is 17.2 Å². The first-order valence-electron chi connectivity index (χ1n) is 6.28. The molecule has 2 aromatic carbocycles. The number of hydrogen-bond donors (Lipinski definition) is 1. The second-order valence-electron chi connectivity index (χ2n) is 4.37. The number of thiocarbonyl (C=S) groups is 1. The Morgan fingerprint density at radius 3 is 2.21 bits per heavy atom. The van der Waals surface area contributed by atoms with Crippen LogP contribution in [0, 0.1) is 0 Å². The normalized spacial score (nSPS) is 10.1. The van der Waals surface area contributed by atoms with E-state index in [0.29, 0.717) is 18.0 Å². The summed E-state index contributed by atoms with van der Waals surface area (Å²) in [5, 5.41) is 0. The molecule has 0 saturated heterocycles. The molecule has 0 amide bonds. The molecule has 0 radical (unpaired) electrons. The van der Waals surface area contributed by atoms with Crippen LogP contribution in [0.2, 0.25) is 0 Å². The van der Waals surface area contributed by atoms with Crippen LogP contribution in [0.5, 0.6) is 5.75 Å². The van der Waals surface area contributed by atoms with Crippen molar-refractivity contribution in [3.05, 3.63) is 65.7 Å². The van der Waals surface area contributed by atoms with E-state index in [-0.39, 0.29) is 0 Å². The maximum absolute atomic E-state index is 5.55. The van der Waals surface area contributed by atoms with Crippen molar-refractivity contribution in [3.8, 4) is 5.75 Å². The lowest BCUT2D eigenvalue weighted by molar-refractivity contribution is 0.329. The van der Waals surface area contributed by atoms with Gasteiger partial charge in [-0.05, 0) is 29.7 Å².